The number of hydrogen-bond donors (Lipinski definition) is 1. The Labute approximate surface area is 121 Å². The highest BCUT2D eigenvalue weighted by Crippen LogP contribution is 2.30. The molecule has 0 aliphatic rings. The van der Waals surface area contributed by atoms with Gasteiger partial charge in [-0.2, -0.15) is 0 Å². The van der Waals surface area contributed by atoms with Gasteiger partial charge in [-0.25, -0.2) is 4.39 Å². The van der Waals surface area contributed by atoms with Gasteiger partial charge in [0.25, 0.3) is 0 Å². The molecule has 1 nitrogen and oxygen atoms in total. The summed E-state index contributed by atoms with van der Waals surface area (Å²) in [7, 11) is 0. The number of rotatable bonds is 4. The topological polar surface area (TPSA) is 20.2 Å². The van der Waals surface area contributed by atoms with Crippen LogP contribution in [0.2, 0.25) is 0 Å². The summed E-state index contributed by atoms with van der Waals surface area (Å²) in [5.41, 5.74) is 0.673. The van der Waals surface area contributed by atoms with E-state index in [2.05, 4.69) is 15.9 Å². The van der Waals surface area contributed by atoms with Crippen LogP contribution < -0.4 is 0 Å². The molecule has 0 spiro atoms. The van der Waals surface area contributed by atoms with E-state index in [1.165, 1.54) is 12.1 Å². The molecule has 0 heterocycles. The molecule has 0 radical (unpaired) electrons. The van der Waals surface area contributed by atoms with E-state index in [1.54, 1.807) is 0 Å². The van der Waals surface area contributed by atoms with Crippen molar-refractivity contribution in [1.82, 2.24) is 0 Å². The summed E-state index contributed by atoms with van der Waals surface area (Å²) in [5.74, 6) is -0.295. The van der Waals surface area contributed by atoms with Gasteiger partial charge in [-0.3, -0.25) is 0 Å². The number of aliphatic hydroxyl groups is 1. The van der Waals surface area contributed by atoms with E-state index in [9.17, 15) is 9.50 Å². The van der Waals surface area contributed by atoms with Gasteiger partial charge in [0.05, 0.1) is 5.60 Å². The van der Waals surface area contributed by atoms with E-state index in [-0.39, 0.29) is 5.82 Å². The Kier molecular flexibility index (Phi) is 4.38. The molecular weight excluding hydrogens is 307 g/mol. The molecule has 0 bridgehead atoms. The second-order valence-corrected chi connectivity index (χ2v) is 5.62. The minimum absolute atomic E-state index is 0.295. The Morgan fingerprint density at radius 3 is 2.42 bits per heavy atom. The smallest absolute Gasteiger partial charge is 0.124 e. The van der Waals surface area contributed by atoms with Gasteiger partial charge in [0.1, 0.15) is 5.82 Å². The summed E-state index contributed by atoms with van der Waals surface area (Å²) in [5, 5.41) is 10.8. The molecule has 1 atom stereocenters. The van der Waals surface area contributed by atoms with Crippen LogP contribution in [0.3, 0.4) is 0 Å². The number of benzene rings is 2. The van der Waals surface area contributed by atoms with Gasteiger partial charge in [0.2, 0.25) is 0 Å². The third-order valence-corrected chi connectivity index (χ3v) is 3.77. The first-order chi connectivity index (χ1) is 9.03. The quantitative estimate of drug-likeness (QED) is 0.882. The van der Waals surface area contributed by atoms with Crippen LogP contribution in [-0.4, -0.2) is 5.11 Å². The molecule has 0 fully saturated rings. The molecule has 1 N–H and O–H groups in total. The maximum Gasteiger partial charge on any atom is 0.124 e. The van der Waals surface area contributed by atoms with Crippen LogP contribution in [0, 0.1) is 5.82 Å². The standard InChI is InChI=1S/C16H16BrFO/c1-2-16(19,13-6-4-3-5-7-13)11-12-8-14(17)10-15(18)9-12/h3-10,19H,2,11H2,1H3. The normalized spacial score (nSPS) is 14.1. The fourth-order valence-corrected chi connectivity index (χ4v) is 2.74. The first-order valence-corrected chi connectivity index (χ1v) is 7.06. The molecule has 3 heteroatoms. The van der Waals surface area contributed by atoms with Gasteiger partial charge in [-0.05, 0) is 35.7 Å². The lowest BCUT2D eigenvalue weighted by molar-refractivity contribution is 0.0326. The van der Waals surface area contributed by atoms with Crippen molar-refractivity contribution in [1.29, 1.82) is 0 Å². The number of hydrogen-bond acceptors (Lipinski definition) is 1. The molecule has 1 unspecified atom stereocenters. The molecule has 0 saturated heterocycles. The Balaban J connectivity index is 2.33. The van der Waals surface area contributed by atoms with Crippen LogP contribution in [-0.2, 0) is 12.0 Å². The lowest BCUT2D eigenvalue weighted by atomic mass is 9.85. The van der Waals surface area contributed by atoms with Crippen LogP contribution in [0.5, 0.6) is 0 Å². The number of halogens is 2. The van der Waals surface area contributed by atoms with Crippen LogP contribution in [0.1, 0.15) is 24.5 Å². The zero-order valence-electron chi connectivity index (χ0n) is 10.7. The summed E-state index contributed by atoms with van der Waals surface area (Å²) >= 11 is 3.28. The van der Waals surface area contributed by atoms with Crippen molar-refractivity contribution < 1.29 is 9.50 Å². The predicted molar refractivity (Wildman–Crippen MR) is 78.4 cm³/mol. The Hall–Kier alpha value is -1.19. The van der Waals surface area contributed by atoms with Crippen LogP contribution in [0.4, 0.5) is 4.39 Å². The molecule has 0 aliphatic heterocycles. The van der Waals surface area contributed by atoms with E-state index in [4.69, 9.17) is 0 Å². The first-order valence-electron chi connectivity index (χ1n) is 6.26. The fourth-order valence-electron chi connectivity index (χ4n) is 2.23. The summed E-state index contributed by atoms with van der Waals surface area (Å²) < 4.78 is 14.1. The molecule has 2 aromatic carbocycles. The molecule has 19 heavy (non-hydrogen) atoms. The first kappa shape index (κ1) is 14.2. The molecular formula is C16H16BrFO. The minimum atomic E-state index is -0.964. The van der Waals surface area contributed by atoms with E-state index < -0.39 is 5.60 Å². The highest BCUT2D eigenvalue weighted by atomic mass is 79.9. The van der Waals surface area contributed by atoms with Crippen LogP contribution >= 0.6 is 15.9 Å². The highest BCUT2D eigenvalue weighted by molar-refractivity contribution is 9.10. The average Bonchev–Trinajstić information content (AvgIpc) is 2.38. The molecule has 100 valence electrons. The highest BCUT2D eigenvalue weighted by Gasteiger charge is 2.27. The summed E-state index contributed by atoms with van der Waals surface area (Å²) in [4.78, 5) is 0. The Bertz CT molecular complexity index is 536. The van der Waals surface area contributed by atoms with Gasteiger partial charge in [-0.1, -0.05) is 53.2 Å². The summed E-state index contributed by atoms with van der Waals surface area (Å²) in [6.45, 7) is 1.93. The van der Waals surface area contributed by atoms with Gasteiger partial charge < -0.3 is 5.11 Å². The van der Waals surface area contributed by atoms with Gasteiger partial charge >= 0.3 is 0 Å². The van der Waals surface area contributed by atoms with Crippen molar-refractivity contribution in [2.45, 2.75) is 25.4 Å². The fraction of sp³-hybridized carbons (Fsp3) is 0.250. The molecule has 0 aliphatic carbocycles. The zero-order chi connectivity index (χ0) is 13.9. The van der Waals surface area contributed by atoms with E-state index >= 15 is 0 Å². The minimum Gasteiger partial charge on any atom is -0.385 e. The van der Waals surface area contributed by atoms with Gasteiger partial charge in [-0.15, -0.1) is 0 Å². The monoisotopic (exact) mass is 322 g/mol. The van der Waals surface area contributed by atoms with E-state index in [0.29, 0.717) is 17.3 Å². The van der Waals surface area contributed by atoms with Crippen molar-refractivity contribution in [3.8, 4) is 0 Å². The SMILES string of the molecule is CCC(O)(Cc1cc(F)cc(Br)c1)c1ccccc1. The maximum absolute atomic E-state index is 13.4. The average molecular weight is 323 g/mol. The second kappa shape index (κ2) is 5.85. The Morgan fingerprint density at radius 2 is 1.84 bits per heavy atom. The third-order valence-electron chi connectivity index (χ3n) is 3.31. The third kappa shape index (κ3) is 3.43. The van der Waals surface area contributed by atoms with Crippen molar-refractivity contribution in [2.24, 2.45) is 0 Å². The molecule has 2 aromatic rings. The zero-order valence-corrected chi connectivity index (χ0v) is 12.3. The van der Waals surface area contributed by atoms with Crippen molar-refractivity contribution in [3.63, 3.8) is 0 Å². The van der Waals surface area contributed by atoms with Crippen LogP contribution in [0.15, 0.2) is 53.0 Å². The molecule has 0 saturated carbocycles. The molecule has 0 aromatic heterocycles. The van der Waals surface area contributed by atoms with Gasteiger partial charge in [0, 0.05) is 10.9 Å². The van der Waals surface area contributed by atoms with E-state index in [0.717, 1.165) is 11.1 Å². The summed E-state index contributed by atoms with van der Waals surface area (Å²) in [6.07, 6.45) is 0.967. The van der Waals surface area contributed by atoms with Gasteiger partial charge in [0.15, 0.2) is 0 Å². The predicted octanol–water partition coefficient (Wildman–Crippen LogP) is 4.43. The largest absolute Gasteiger partial charge is 0.385 e. The lowest BCUT2D eigenvalue weighted by Gasteiger charge is -2.27. The molecule has 0 amide bonds. The Morgan fingerprint density at radius 1 is 1.16 bits per heavy atom. The van der Waals surface area contributed by atoms with Crippen molar-refractivity contribution in [3.05, 3.63) is 69.9 Å². The maximum atomic E-state index is 13.4. The second-order valence-electron chi connectivity index (χ2n) is 4.71. The van der Waals surface area contributed by atoms with E-state index in [1.807, 2.05) is 43.3 Å². The van der Waals surface area contributed by atoms with Crippen molar-refractivity contribution in [2.75, 3.05) is 0 Å². The summed E-state index contributed by atoms with van der Waals surface area (Å²) in [6, 6.07) is 14.2. The van der Waals surface area contributed by atoms with Crippen molar-refractivity contribution >= 4 is 15.9 Å². The van der Waals surface area contributed by atoms with Crippen LogP contribution in [0.25, 0.3) is 0 Å². The lowest BCUT2D eigenvalue weighted by Crippen LogP contribution is -2.27. The molecule has 2 rings (SSSR count).